The first kappa shape index (κ1) is 46.8. The molecule has 0 saturated carbocycles. The van der Waals surface area contributed by atoms with Crippen molar-refractivity contribution in [2.75, 3.05) is 30.7 Å². The van der Waals surface area contributed by atoms with Crippen molar-refractivity contribution < 1.29 is 29.0 Å². The number of unbranched alkanes of at least 4 members (excludes halogenated alkanes) is 3. The number of rotatable bonds is 24. The van der Waals surface area contributed by atoms with E-state index in [1.165, 1.54) is 11.3 Å². The van der Waals surface area contributed by atoms with Crippen LogP contribution in [0, 0.1) is 29.1 Å². The van der Waals surface area contributed by atoms with Crippen LogP contribution >= 0.6 is 11.3 Å². The molecule has 12 nitrogen and oxygen atoms in total. The number of thiazole rings is 1. The van der Waals surface area contributed by atoms with E-state index in [0.29, 0.717) is 48.9 Å². The Morgan fingerprint density at radius 3 is 2.36 bits per heavy atom. The Kier molecular flexibility index (Phi) is 19.2. The molecule has 6 N–H and O–H groups in total. The van der Waals surface area contributed by atoms with Crippen LogP contribution in [-0.2, 0) is 30.3 Å². The number of nitrogen functional groups attached to an aromatic ring is 1. The van der Waals surface area contributed by atoms with Gasteiger partial charge in [0.15, 0.2) is 0 Å². The van der Waals surface area contributed by atoms with E-state index in [-0.39, 0.29) is 48.2 Å². The Morgan fingerprint density at radius 1 is 1.05 bits per heavy atom. The molecular formula is C43H70N6O6S. The molecule has 0 spiro atoms. The number of nitrogens with zero attached hydrogens (tertiary/aromatic N) is 2. The number of amides is 3. The summed E-state index contributed by atoms with van der Waals surface area (Å²) in [4.78, 5) is 61.4. The van der Waals surface area contributed by atoms with Crippen molar-refractivity contribution in [3.8, 4) is 0 Å². The van der Waals surface area contributed by atoms with E-state index >= 15 is 0 Å². The molecule has 3 rings (SSSR count). The number of nitrogens with one attached hydrogen (secondary N) is 3. The zero-order valence-corrected chi connectivity index (χ0v) is 36.0. The number of carboxylic acids is 1. The average Bonchev–Trinajstić information content (AvgIpc) is 3.62. The minimum absolute atomic E-state index is 0.0551. The molecule has 0 unspecified atom stereocenters. The Hall–Kier alpha value is -3.55. The summed E-state index contributed by atoms with van der Waals surface area (Å²) >= 11 is 1.38. The maximum Gasteiger partial charge on any atom is 0.309 e. The fraction of sp³-hybridized carbons (Fsp3) is 0.698. The van der Waals surface area contributed by atoms with Crippen molar-refractivity contribution in [1.29, 1.82) is 0 Å². The summed E-state index contributed by atoms with van der Waals surface area (Å²) in [6.07, 6.45) is 7.96. The number of carbonyl (C=O) groups excluding carboxylic acids is 3. The average molecular weight is 799 g/mol. The lowest BCUT2D eigenvalue weighted by atomic mass is 9.80. The lowest BCUT2D eigenvalue weighted by Crippen LogP contribution is -2.55. The maximum absolute atomic E-state index is 14.8. The van der Waals surface area contributed by atoms with Crippen molar-refractivity contribution >= 4 is 46.5 Å². The minimum atomic E-state index is -1.13. The first-order valence-corrected chi connectivity index (χ1v) is 21.8. The van der Waals surface area contributed by atoms with Crippen molar-refractivity contribution in [1.82, 2.24) is 20.5 Å². The number of carbonyl (C=O) groups is 4. The van der Waals surface area contributed by atoms with Crippen molar-refractivity contribution in [2.45, 2.75) is 144 Å². The van der Waals surface area contributed by atoms with E-state index < -0.39 is 29.3 Å². The summed E-state index contributed by atoms with van der Waals surface area (Å²) in [6.45, 7) is 17.4. The summed E-state index contributed by atoms with van der Waals surface area (Å²) in [5, 5.41) is 21.8. The van der Waals surface area contributed by atoms with Crippen LogP contribution in [0.25, 0.3) is 0 Å². The summed E-state index contributed by atoms with van der Waals surface area (Å²) in [5.74, 6) is -2.81. The van der Waals surface area contributed by atoms with E-state index in [1.807, 2.05) is 37.8 Å². The van der Waals surface area contributed by atoms with E-state index in [9.17, 15) is 24.3 Å². The Labute approximate surface area is 339 Å². The fourth-order valence-corrected chi connectivity index (χ4v) is 8.26. The molecular weight excluding hydrogens is 729 g/mol. The number of nitrogens with two attached hydrogens (primary N) is 1. The summed E-state index contributed by atoms with van der Waals surface area (Å²) in [5.41, 5.74) is 6.24. The predicted molar refractivity (Wildman–Crippen MR) is 225 cm³/mol. The normalized spacial score (nSPS) is 17.4. The molecule has 1 aliphatic rings. The molecule has 1 aromatic heterocycles. The zero-order valence-electron chi connectivity index (χ0n) is 35.2. The highest BCUT2D eigenvalue weighted by Crippen LogP contribution is 2.34. The van der Waals surface area contributed by atoms with Gasteiger partial charge in [0.1, 0.15) is 22.8 Å². The number of aliphatic carboxylic acids is 1. The van der Waals surface area contributed by atoms with Crippen LogP contribution in [0.4, 0.5) is 11.5 Å². The second kappa shape index (κ2) is 23.0. The molecule has 2 aromatic rings. The number of hydrogen-bond acceptors (Lipinski definition) is 9. The molecule has 0 bridgehead atoms. The van der Waals surface area contributed by atoms with Crippen LogP contribution in [-0.4, -0.2) is 70.6 Å². The predicted octanol–water partition coefficient (Wildman–Crippen LogP) is 7.80. The van der Waals surface area contributed by atoms with Gasteiger partial charge >= 0.3 is 5.97 Å². The van der Waals surface area contributed by atoms with Gasteiger partial charge in [0.25, 0.3) is 0 Å². The number of benzene rings is 1. The van der Waals surface area contributed by atoms with Crippen LogP contribution in [0.3, 0.4) is 0 Å². The van der Waals surface area contributed by atoms with E-state index in [1.54, 1.807) is 31.4 Å². The molecule has 13 heteroatoms. The standard InChI is InChI=1S/C43H70N6O6S/c1-9-12-13-16-23-49(41(52)37(29(6)10-2)39(51)46-35-17-14-15-22-45-35)33(28(4)5)25-34(55-11-3)40-48-36(27-56-40)47-38(50)31(26-43(7,8)42(53)54)24-30-18-20-32(44)21-19-30/h18-21,27-29,31,33-35,37,45H,9-17,22-26,44H2,1-8H3,(H,46,51)(H,47,50)(H,53,54)/t29-,31-,33+,34+,35+,37-/m0/s1. The molecule has 6 atom stereocenters. The van der Waals surface area contributed by atoms with Gasteiger partial charge in [0, 0.05) is 42.6 Å². The quantitative estimate of drug-likeness (QED) is 0.0403. The summed E-state index contributed by atoms with van der Waals surface area (Å²) in [7, 11) is 0. The van der Waals surface area contributed by atoms with Crippen molar-refractivity contribution in [3.05, 3.63) is 40.2 Å². The lowest BCUT2D eigenvalue weighted by Gasteiger charge is -2.39. The molecule has 2 heterocycles. The van der Waals surface area contributed by atoms with Crippen LogP contribution in [0.5, 0.6) is 0 Å². The van der Waals surface area contributed by atoms with Crippen LogP contribution < -0.4 is 21.7 Å². The maximum atomic E-state index is 14.8. The van der Waals surface area contributed by atoms with E-state index in [0.717, 1.165) is 57.1 Å². The smallest absolute Gasteiger partial charge is 0.309 e. The monoisotopic (exact) mass is 799 g/mol. The van der Waals surface area contributed by atoms with Gasteiger partial charge < -0.3 is 31.1 Å². The second-order valence-electron chi connectivity index (χ2n) is 16.6. The first-order valence-electron chi connectivity index (χ1n) is 20.9. The van der Waals surface area contributed by atoms with Crippen molar-refractivity contribution in [3.63, 3.8) is 0 Å². The van der Waals surface area contributed by atoms with Crippen LogP contribution in [0.1, 0.15) is 136 Å². The van der Waals surface area contributed by atoms with Crippen LogP contribution in [0.2, 0.25) is 0 Å². The van der Waals surface area contributed by atoms with Crippen LogP contribution in [0.15, 0.2) is 29.6 Å². The van der Waals surface area contributed by atoms with E-state index in [2.05, 4.69) is 36.7 Å². The Bertz CT molecular complexity index is 1520. The summed E-state index contributed by atoms with van der Waals surface area (Å²) in [6, 6.07) is 7.01. The molecule has 1 aliphatic heterocycles. The van der Waals surface area contributed by atoms with Gasteiger partial charge in [-0.2, -0.15) is 0 Å². The summed E-state index contributed by atoms with van der Waals surface area (Å²) < 4.78 is 6.34. The van der Waals surface area contributed by atoms with Gasteiger partial charge in [0.2, 0.25) is 17.7 Å². The second-order valence-corrected chi connectivity index (χ2v) is 17.4. The molecule has 0 radical (unpaired) electrons. The Balaban J connectivity index is 1.89. The van der Waals surface area contributed by atoms with Gasteiger partial charge in [0.05, 0.1) is 11.6 Å². The number of aromatic nitrogens is 1. The molecule has 314 valence electrons. The molecule has 1 aromatic carbocycles. The number of piperidine rings is 1. The zero-order chi connectivity index (χ0) is 41.4. The molecule has 3 amide bonds. The lowest BCUT2D eigenvalue weighted by molar-refractivity contribution is -0.149. The SMILES string of the molecule is CCCCCCN(C(=O)[C@H](C(=O)N[C@@H]1CCCCN1)[C@@H](C)CC)[C@H](C[C@@H](OCC)c1nc(NC(=O)[C@@H](Cc2ccc(N)cc2)CC(C)(C)C(=O)O)cs1)C(C)C. The highest BCUT2D eigenvalue weighted by atomic mass is 32.1. The van der Waals surface area contributed by atoms with Gasteiger partial charge in [-0.15, -0.1) is 11.3 Å². The number of ether oxygens (including phenoxy) is 1. The Morgan fingerprint density at radius 2 is 1.77 bits per heavy atom. The minimum Gasteiger partial charge on any atom is -0.481 e. The van der Waals surface area contributed by atoms with E-state index in [4.69, 9.17) is 15.5 Å². The number of carboxylic acid groups (broad SMARTS) is 1. The molecule has 1 fully saturated rings. The third-order valence-corrected chi connectivity index (χ3v) is 12.1. The highest BCUT2D eigenvalue weighted by molar-refractivity contribution is 7.10. The highest BCUT2D eigenvalue weighted by Gasteiger charge is 2.40. The number of anilines is 2. The van der Waals surface area contributed by atoms with Crippen molar-refractivity contribution in [2.24, 2.45) is 29.1 Å². The topological polar surface area (TPSA) is 176 Å². The van der Waals surface area contributed by atoms with Gasteiger partial charge in [-0.25, -0.2) is 4.98 Å². The number of hydrogen-bond donors (Lipinski definition) is 5. The molecule has 56 heavy (non-hydrogen) atoms. The fourth-order valence-electron chi connectivity index (χ4n) is 7.45. The largest absolute Gasteiger partial charge is 0.481 e. The third-order valence-electron chi connectivity index (χ3n) is 11.1. The first-order chi connectivity index (χ1) is 26.6. The molecule has 0 aliphatic carbocycles. The third kappa shape index (κ3) is 14.1. The van der Waals surface area contributed by atoms with Gasteiger partial charge in [-0.1, -0.05) is 72.4 Å². The van der Waals surface area contributed by atoms with Gasteiger partial charge in [-0.3, -0.25) is 24.5 Å². The molecule has 1 saturated heterocycles. The van der Waals surface area contributed by atoms with Gasteiger partial charge in [-0.05, 0) is 95.4 Å².